The number of carbonyl (C=O) groups is 2. The second kappa shape index (κ2) is 7.99. The van der Waals surface area contributed by atoms with Crippen LogP contribution in [0.5, 0.6) is 0 Å². The zero-order chi connectivity index (χ0) is 19.4. The van der Waals surface area contributed by atoms with Gasteiger partial charge in [0.2, 0.25) is 0 Å². The van der Waals surface area contributed by atoms with Gasteiger partial charge in [-0.1, -0.05) is 30.3 Å². The van der Waals surface area contributed by atoms with E-state index in [1.807, 2.05) is 30.3 Å². The number of nitrogens with zero attached hydrogens (tertiary/aromatic N) is 3. The summed E-state index contributed by atoms with van der Waals surface area (Å²) in [6.07, 6.45) is 1.22. The minimum absolute atomic E-state index is 0.205. The Balaban J connectivity index is 1.98. The summed E-state index contributed by atoms with van der Waals surface area (Å²) in [6.45, 7) is 3.64. The van der Waals surface area contributed by atoms with Crippen LogP contribution in [0.1, 0.15) is 28.7 Å². The topological polar surface area (TPSA) is 63.9 Å². The third kappa shape index (κ3) is 4.13. The van der Waals surface area contributed by atoms with E-state index in [1.165, 1.54) is 27.6 Å². The third-order valence-corrected chi connectivity index (χ3v) is 4.09. The van der Waals surface area contributed by atoms with Crippen molar-refractivity contribution in [1.29, 1.82) is 0 Å². The number of aromatic nitrogens is 2. The fourth-order valence-electron chi connectivity index (χ4n) is 2.91. The minimum Gasteiger partial charge on any atom is -0.465 e. The summed E-state index contributed by atoms with van der Waals surface area (Å²) in [5.41, 5.74) is 2.03. The predicted octanol–water partition coefficient (Wildman–Crippen LogP) is 2.99. The molecule has 2 aromatic heterocycles. The highest BCUT2D eigenvalue weighted by atomic mass is 19.1. The molecule has 0 radical (unpaired) electrons. The minimum atomic E-state index is -0.501. The second-order valence-corrected chi connectivity index (χ2v) is 6.07. The molecule has 0 aliphatic rings. The van der Waals surface area contributed by atoms with Crippen molar-refractivity contribution in [3.8, 4) is 0 Å². The van der Waals surface area contributed by atoms with E-state index >= 15 is 0 Å². The van der Waals surface area contributed by atoms with Crippen LogP contribution in [0.4, 0.5) is 4.39 Å². The quantitative estimate of drug-likeness (QED) is 0.627. The van der Waals surface area contributed by atoms with Gasteiger partial charge in [-0.15, -0.1) is 0 Å². The van der Waals surface area contributed by atoms with Gasteiger partial charge >= 0.3 is 5.97 Å². The SMILES string of the molecule is CCOC(=O)CN(Cc1ccccc1)C(=O)c1c(C)nc2ccc(F)cn12. The monoisotopic (exact) mass is 369 g/mol. The summed E-state index contributed by atoms with van der Waals surface area (Å²) >= 11 is 0. The molecule has 140 valence electrons. The average molecular weight is 369 g/mol. The molecule has 0 bridgehead atoms. The van der Waals surface area contributed by atoms with E-state index in [9.17, 15) is 14.0 Å². The first-order valence-corrected chi connectivity index (χ1v) is 8.62. The van der Waals surface area contributed by atoms with Gasteiger partial charge in [0.15, 0.2) is 0 Å². The summed E-state index contributed by atoms with van der Waals surface area (Å²) in [7, 11) is 0. The van der Waals surface area contributed by atoms with Crippen LogP contribution in [0.3, 0.4) is 0 Å². The zero-order valence-corrected chi connectivity index (χ0v) is 15.2. The maximum absolute atomic E-state index is 13.7. The van der Waals surface area contributed by atoms with E-state index in [4.69, 9.17) is 4.74 Å². The molecule has 0 aliphatic heterocycles. The molecule has 7 heteroatoms. The highest BCUT2D eigenvalue weighted by molar-refractivity contribution is 5.96. The molecule has 0 unspecified atom stereocenters. The van der Waals surface area contributed by atoms with Crippen LogP contribution >= 0.6 is 0 Å². The molecule has 6 nitrogen and oxygen atoms in total. The summed E-state index contributed by atoms with van der Waals surface area (Å²) in [5, 5.41) is 0. The van der Waals surface area contributed by atoms with Gasteiger partial charge in [0.25, 0.3) is 5.91 Å². The van der Waals surface area contributed by atoms with Crippen LogP contribution in [0, 0.1) is 12.7 Å². The van der Waals surface area contributed by atoms with Crippen LogP contribution < -0.4 is 0 Å². The zero-order valence-electron chi connectivity index (χ0n) is 15.2. The Hall–Kier alpha value is -3.22. The summed E-state index contributed by atoms with van der Waals surface area (Å²) in [5.74, 6) is -1.39. The maximum Gasteiger partial charge on any atom is 0.325 e. The molecule has 0 fully saturated rings. The van der Waals surface area contributed by atoms with Crippen molar-refractivity contribution in [1.82, 2.24) is 14.3 Å². The van der Waals surface area contributed by atoms with E-state index in [2.05, 4.69) is 4.98 Å². The summed E-state index contributed by atoms with van der Waals surface area (Å²) in [6, 6.07) is 12.1. The van der Waals surface area contributed by atoms with Gasteiger partial charge < -0.3 is 9.64 Å². The Morgan fingerprint density at radius 1 is 1.19 bits per heavy atom. The van der Waals surface area contributed by atoms with Crippen molar-refractivity contribution in [2.75, 3.05) is 13.2 Å². The normalized spacial score (nSPS) is 10.8. The van der Waals surface area contributed by atoms with E-state index < -0.39 is 17.7 Å². The number of pyridine rings is 1. The third-order valence-electron chi connectivity index (χ3n) is 4.09. The number of rotatable bonds is 6. The average Bonchev–Trinajstić information content (AvgIpc) is 2.96. The molecule has 1 aromatic carbocycles. The first-order chi connectivity index (χ1) is 13.0. The predicted molar refractivity (Wildman–Crippen MR) is 97.7 cm³/mol. The number of imidazole rings is 1. The van der Waals surface area contributed by atoms with Gasteiger partial charge in [-0.2, -0.15) is 0 Å². The standard InChI is InChI=1S/C20H20FN3O3/c1-3-27-18(25)13-23(11-15-7-5-4-6-8-15)20(26)19-14(2)22-17-10-9-16(21)12-24(17)19/h4-10,12H,3,11,13H2,1-2H3. The maximum atomic E-state index is 13.7. The van der Waals surface area contributed by atoms with Crippen molar-refractivity contribution in [2.24, 2.45) is 0 Å². The number of aryl methyl sites for hydroxylation is 1. The van der Waals surface area contributed by atoms with Crippen LogP contribution in [-0.4, -0.2) is 39.3 Å². The van der Waals surface area contributed by atoms with Gasteiger partial charge in [-0.25, -0.2) is 9.37 Å². The van der Waals surface area contributed by atoms with Gasteiger partial charge in [-0.05, 0) is 31.5 Å². The van der Waals surface area contributed by atoms with Crippen molar-refractivity contribution in [2.45, 2.75) is 20.4 Å². The molecule has 0 spiro atoms. The number of ether oxygens (including phenoxy) is 1. The Bertz CT molecular complexity index is 969. The lowest BCUT2D eigenvalue weighted by atomic mass is 10.2. The Labute approximate surface area is 156 Å². The van der Waals surface area contributed by atoms with Crippen molar-refractivity contribution in [3.05, 3.63) is 71.4 Å². The fraction of sp³-hybridized carbons (Fsp3) is 0.250. The smallest absolute Gasteiger partial charge is 0.325 e. The fourth-order valence-corrected chi connectivity index (χ4v) is 2.91. The largest absolute Gasteiger partial charge is 0.465 e. The number of esters is 1. The number of hydrogen-bond donors (Lipinski definition) is 0. The van der Waals surface area contributed by atoms with Crippen LogP contribution in [0.2, 0.25) is 0 Å². The Kier molecular flexibility index (Phi) is 5.49. The van der Waals surface area contributed by atoms with Gasteiger partial charge in [-0.3, -0.25) is 14.0 Å². The van der Waals surface area contributed by atoms with E-state index in [0.29, 0.717) is 11.3 Å². The first kappa shape index (κ1) is 18.6. The van der Waals surface area contributed by atoms with Crippen molar-refractivity contribution >= 4 is 17.5 Å². The van der Waals surface area contributed by atoms with Crippen LogP contribution in [0.15, 0.2) is 48.7 Å². The molecule has 2 heterocycles. The number of carbonyl (C=O) groups excluding carboxylic acids is 2. The van der Waals surface area contributed by atoms with Crippen LogP contribution in [0.25, 0.3) is 5.65 Å². The molecular formula is C20H20FN3O3. The molecule has 1 amide bonds. The number of hydrogen-bond acceptors (Lipinski definition) is 4. The summed E-state index contributed by atoms with van der Waals surface area (Å²) in [4.78, 5) is 30.9. The molecular weight excluding hydrogens is 349 g/mol. The van der Waals surface area contributed by atoms with Gasteiger partial charge in [0.1, 0.15) is 23.7 Å². The number of fused-ring (bicyclic) bond motifs is 1. The Morgan fingerprint density at radius 2 is 1.93 bits per heavy atom. The molecule has 3 aromatic rings. The molecule has 0 atom stereocenters. The molecule has 0 N–H and O–H groups in total. The van der Waals surface area contributed by atoms with Gasteiger partial charge in [0, 0.05) is 12.7 Å². The lowest BCUT2D eigenvalue weighted by Gasteiger charge is -2.22. The number of amides is 1. The van der Waals surface area contributed by atoms with E-state index in [0.717, 1.165) is 5.56 Å². The first-order valence-electron chi connectivity index (χ1n) is 8.62. The van der Waals surface area contributed by atoms with Crippen LogP contribution in [-0.2, 0) is 16.1 Å². The van der Waals surface area contributed by atoms with Crippen molar-refractivity contribution in [3.63, 3.8) is 0 Å². The number of benzene rings is 1. The summed E-state index contributed by atoms with van der Waals surface area (Å²) < 4.78 is 20.1. The molecule has 0 saturated carbocycles. The van der Waals surface area contributed by atoms with E-state index in [1.54, 1.807) is 13.8 Å². The molecule has 0 saturated heterocycles. The highest BCUT2D eigenvalue weighted by Crippen LogP contribution is 2.17. The number of halogens is 1. The van der Waals surface area contributed by atoms with E-state index in [-0.39, 0.29) is 25.4 Å². The van der Waals surface area contributed by atoms with Gasteiger partial charge in [0.05, 0.1) is 12.3 Å². The lowest BCUT2D eigenvalue weighted by Crippen LogP contribution is -2.37. The molecule has 0 aliphatic carbocycles. The lowest BCUT2D eigenvalue weighted by molar-refractivity contribution is -0.143. The van der Waals surface area contributed by atoms with Crippen molar-refractivity contribution < 1.29 is 18.7 Å². The highest BCUT2D eigenvalue weighted by Gasteiger charge is 2.25. The Morgan fingerprint density at radius 3 is 2.63 bits per heavy atom. The second-order valence-electron chi connectivity index (χ2n) is 6.07. The molecule has 3 rings (SSSR count). The molecule has 27 heavy (non-hydrogen) atoms.